The van der Waals surface area contributed by atoms with Crippen molar-refractivity contribution < 1.29 is 9.53 Å². The molecule has 2 aromatic carbocycles. The lowest BCUT2D eigenvalue weighted by atomic mass is 10.2. The Morgan fingerprint density at radius 3 is 2.92 bits per heavy atom. The number of benzene rings is 2. The molecule has 1 amide bonds. The van der Waals surface area contributed by atoms with Gasteiger partial charge in [0.2, 0.25) is 5.91 Å². The van der Waals surface area contributed by atoms with Gasteiger partial charge in [-0.2, -0.15) is 0 Å². The van der Waals surface area contributed by atoms with Gasteiger partial charge >= 0.3 is 0 Å². The zero-order valence-corrected chi connectivity index (χ0v) is 14.7. The Hall–Kier alpha value is -2.40. The predicted molar refractivity (Wildman–Crippen MR) is 98.9 cm³/mol. The third kappa shape index (κ3) is 4.32. The van der Waals surface area contributed by atoms with E-state index < -0.39 is 0 Å². The van der Waals surface area contributed by atoms with Crippen LogP contribution in [0.4, 0.5) is 5.69 Å². The molecule has 124 valence electrons. The van der Waals surface area contributed by atoms with E-state index in [-0.39, 0.29) is 5.91 Å². The van der Waals surface area contributed by atoms with Crippen LogP contribution >= 0.6 is 11.3 Å². The summed E-state index contributed by atoms with van der Waals surface area (Å²) in [5.41, 5.74) is 2.96. The summed E-state index contributed by atoms with van der Waals surface area (Å²) >= 11 is 1.63. The standard InChI is InChI=1S/C19H20N2O2S/c1-13-5-3-6-16(11-13)23-10-4-7-19(22)21-15-8-9-17-18(12-15)24-14(2)20-17/h3,5-6,8-9,11-12H,4,7,10H2,1-2H3,(H,21,22). The number of rotatable bonds is 6. The van der Waals surface area contributed by atoms with Crippen LogP contribution in [-0.4, -0.2) is 17.5 Å². The van der Waals surface area contributed by atoms with Crippen LogP contribution in [0.2, 0.25) is 0 Å². The third-order valence-corrected chi connectivity index (χ3v) is 4.52. The molecule has 3 aromatic rings. The number of nitrogens with one attached hydrogen (secondary N) is 1. The summed E-state index contributed by atoms with van der Waals surface area (Å²) < 4.78 is 6.75. The lowest BCUT2D eigenvalue weighted by molar-refractivity contribution is -0.116. The van der Waals surface area contributed by atoms with Crippen molar-refractivity contribution in [3.05, 3.63) is 53.0 Å². The summed E-state index contributed by atoms with van der Waals surface area (Å²) in [4.78, 5) is 16.5. The van der Waals surface area contributed by atoms with Gasteiger partial charge in [-0.15, -0.1) is 11.3 Å². The van der Waals surface area contributed by atoms with Gasteiger partial charge < -0.3 is 10.1 Å². The maximum absolute atomic E-state index is 12.0. The van der Waals surface area contributed by atoms with Gasteiger partial charge in [-0.1, -0.05) is 12.1 Å². The average Bonchev–Trinajstić information content (AvgIpc) is 2.91. The van der Waals surface area contributed by atoms with Crippen LogP contribution in [0.1, 0.15) is 23.4 Å². The first-order valence-corrected chi connectivity index (χ1v) is 8.78. The second kappa shape index (κ2) is 7.45. The monoisotopic (exact) mass is 340 g/mol. The van der Waals surface area contributed by atoms with Crippen molar-refractivity contribution >= 4 is 33.1 Å². The molecule has 0 aliphatic rings. The Labute approximate surface area is 145 Å². The first-order valence-electron chi connectivity index (χ1n) is 7.97. The van der Waals surface area contributed by atoms with Crippen LogP contribution in [0.3, 0.4) is 0 Å². The molecule has 0 atom stereocenters. The molecule has 0 aliphatic carbocycles. The quantitative estimate of drug-likeness (QED) is 0.661. The van der Waals surface area contributed by atoms with E-state index in [1.807, 2.05) is 56.3 Å². The largest absolute Gasteiger partial charge is 0.494 e. The van der Waals surface area contributed by atoms with Gasteiger partial charge in [0.15, 0.2) is 0 Å². The minimum absolute atomic E-state index is 0.00318. The normalized spacial score (nSPS) is 10.8. The van der Waals surface area contributed by atoms with E-state index in [4.69, 9.17) is 4.74 Å². The minimum Gasteiger partial charge on any atom is -0.494 e. The van der Waals surface area contributed by atoms with Gasteiger partial charge in [0.1, 0.15) is 5.75 Å². The van der Waals surface area contributed by atoms with Crippen molar-refractivity contribution in [1.29, 1.82) is 0 Å². The molecule has 0 bridgehead atoms. The molecule has 4 nitrogen and oxygen atoms in total. The van der Waals surface area contributed by atoms with Crippen LogP contribution in [0.5, 0.6) is 5.75 Å². The molecule has 1 N–H and O–H groups in total. The van der Waals surface area contributed by atoms with E-state index in [0.717, 1.165) is 26.7 Å². The Morgan fingerprint density at radius 2 is 2.08 bits per heavy atom. The Bertz CT molecular complexity index is 857. The second-order valence-electron chi connectivity index (χ2n) is 5.73. The van der Waals surface area contributed by atoms with Gasteiger partial charge in [-0.05, 0) is 56.2 Å². The number of anilines is 1. The van der Waals surface area contributed by atoms with E-state index in [0.29, 0.717) is 19.4 Å². The van der Waals surface area contributed by atoms with Crippen molar-refractivity contribution in [2.24, 2.45) is 0 Å². The first kappa shape index (κ1) is 16.5. The van der Waals surface area contributed by atoms with Crippen molar-refractivity contribution in [1.82, 2.24) is 4.98 Å². The summed E-state index contributed by atoms with van der Waals surface area (Å²) in [7, 11) is 0. The molecule has 0 radical (unpaired) electrons. The maximum atomic E-state index is 12.0. The average molecular weight is 340 g/mol. The van der Waals surface area contributed by atoms with E-state index in [1.54, 1.807) is 11.3 Å². The Morgan fingerprint density at radius 1 is 1.21 bits per heavy atom. The molecule has 0 fully saturated rings. The molecule has 0 saturated carbocycles. The highest BCUT2D eigenvalue weighted by molar-refractivity contribution is 7.18. The zero-order valence-electron chi connectivity index (χ0n) is 13.8. The summed E-state index contributed by atoms with van der Waals surface area (Å²) in [6.45, 7) is 4.54. The molecule has 1 heterocycles. The van der Waals surface area contributed by atoms with Gasteiger partial charge in [0.25, 0.3) is 0 Å². The number of hydrogen-bond acceptors (Lipinski definition) is 4. The third-order valence-electron chi connectivity index (χ3n) is 3.59. The number of fused-ring (bicyclic) bond motifs is 1. The van der Waals surface area contributed by atoms with Crippen molar-refractivity contribution in [2.75, 3.05) is 11.9 Å². The fourth-order valence-corrected chi connectivity index (χ4v) is 3.34. The highest BCUT2D eigenvalue weighted by Gasteiger charge is 2.06. The smallest absolute Gasteiger partial charge is 0.224 e. The fourth-order valence-electron chi connectivity index (χ4n) is 2.47. The highest BCUT2D eigenvalue weighted by Crippen LogP contribution is 2.24. The highest BCUT2D eigenvalue weighted by atomic mass is 32.1. The lowest BCUT2D eigenvalue weighted by Gasteiger charge is -2.07. The zero-order chi connectivity index (χ0) is 16.9. The number of carbonyl (C=O) groups excluding carboxylic acids is 1. The molecular weight excluding hydrogens is 320 g/mol. The van der Waals surface area contributed by atoms with Crippen LogP contribution in [0, 0.1) is 13.8 Å². The number of nitrogens with zero attached hydrogens (tertiary/aromatic N) is 1. The molecule has 1 aromatic heterocycles. The number of carbonyl (C=O) groups is 1. The van der Waals surface area contributed by atoms with E-state index in [1.165, 1.54) is 5.56 Å². The summed E-state index contributed by atoms with van der Waals surface area (Å²) in [5.74, 6) is 0.852. The molecule has 24 heavy (non-hydrogen) atoms. The van der Waals surface area contributed by atoms with E-state index >= 15 is 0 Å². The number of aromatic nitrogens is 1. The molecular formula is C19H20N2O2S. The van der Waals surface area contributed by atoms with Crippen LogP contribution < -0.4 is 10.1 Å². The van der Waals surface area contributed by atoms with Gasteiger partial charge in [-0.25, -0.2) is 4.98 Å². The second-order valence-corrected chi connectivity index (χ2v) is 6.97. The molecule has 0 spiro atoms. The van der Waals surface area contributed by atoms with Gasteiger partial charge in [-0.3, -0.25) is 4.79 Å². The molecule has 5 heteroatoms. The first-order chi connectivity index (χ1) is 11.6. The number of hydrogen-bond donors (Lipinski definition) is 1. The van der Waals surface area contributed by atoms with Crippen LogP contribution in [-0.2, 0) is 4.79 Å². The fraction of sp³-hybridized carbons (Fsp3) is 0.263. The minimum atomic E-state index is 0.00318. The lowest BCUT2D eigenvalue weighted by Crippen LogP contribution is -2.12. The number of thiazole rings is 1. The van der Waals surface area contributed by atoms with E-state index in [2.05, 4.69) is 10.3 Å². The molecule has 0 unspecified atom stereocenters. The predicted octanol–water partition coefficient (Wildman–Crippen LogP) is 4.71. The number of ether oxygens (including phenoxy) is 1. The van der Waals surface area contributed by atoms with E-state index in [9.17, 15) is 4.79 Å². The Balaban J connectivity index is 1.46. The summed E-state index contributed by atoms with van der Waals surface area (Å²) in [6.07, 6.45) is 1.12. The topological polar surface area (TPSA) is 51.2 Å². The summed E-state index contributed by atoms with van der Waals surface area (Å²) in [5, 5.41) is 3.96. The number of aryl methyl sites for hydroxylation is 2. The van der Waals surface area contributed by atoms with Crippen molar-refractivity contribution in [3.63, 3.8) is 0 Å². The van der Waals surface area contributed by atoms with Crippen molar-refractivity contribution in [2.45, 2.75) is 26.7 Å². The molecule has 0 aliphatic heterocycles. The SMILES string of the molecule is Cc1cccc(OCCCC(=O)Nc2ccc3nc(C)sc3c2)c1. The maximum Gasteiger partial charge on any atom is 0.224 e. The Kier molecular flexibility index (Phi) is 5.11. The van der Waals surface area contributed by atoms with Crippen LogP contribution in [0.15, 0.2) is 42.5 Å². The molecule has 0 saturated heterocycles. The van der Waals surface area contributed by atoms with Gasteiger partial charge in [0.05, 0.1) is 21.8 Å². The van der Waals surface area contributed by atoms with Crippen molar-refractivity contribution in [3.8, 4) is 5.75 Å². The summed E-state index contributed by atoms with van der Waals surface area (Å²) in [6, 6.07) is 13.7. The van der Waals surface area contributed by atoms with Gasteiger partial charge in [0, 0.05) is 12.1 Å². The van der Waals surface area contributed by atoms with Crippen LogP contribution in [0.25, 0.3) is 10.2 Å². The molecule has 3 rings (SSSR count). The number of amides is 1.